The van der Waals surface area contributed by atoms with Gasteiger partial charge in [0.1, 0.15) is 0 Å². The highest BCUT2D eigenvalue weighted by atomic mass is 16.5. The Balaban J connectivity index is 2.10. The van der Waals surface area contributed by atoms with Crippen LogP contribution in [0.3, 0.4) is 0 Å². The zero-order valence-electron chi connectivity index (χ0n) is 10.6. The summed E-state index contributed by atoms with van der Waals surface area (Å²) in [6.07, 6.45) is 0. The second kappa shape index (κ2) is 5.38. The van der Waals surface area contributed by atoms with Crippen molar-refractivity contribution in [2.75, 3.05) is 18.2 Å². The van der Waals surface area contributed by atoms with Gasteiger partial charge in [-0.15, -0.1) is 0 Å². The highest BCUT2D eigenvalue weighted by Crippen LogP contribution is 2.19. The molecule has 0 aliphatic heterocycles. The third kappa shape index (κ3) is 3.01. The number of carbonyl (C=O) groups excluding carboxylic acids is 1. The minimum Gasteiger partial charge on any atom is -0.465 e. The Bertz CT molecular complexity index is 594. The maximum Gasteiger partial charge on any atom is 0.340 e. The third-order valence-corrected chi connectivity index (χ3v) is 2.48. The van der Waals surface area contributed by atoms with E-state index in [-0.39, 0.29) is 0 Å². The molecular weight excluding hydrogens is 248 g/mol. The first kappa shape index (κ1) is 12.9. The molecule has 0 aliphatic carbocycles. The molecule has 0 atom stereocenters. The van der Waals surface area contributed by atoms with Gasteiger partial charge in [0, 0.05) is 18.3 Å². The van der Waals surface area contributed by atoms with Crippen LogP contribution in [0.5, 0.6) is 0 Å². The quantitative estimate of drug-likeness (QED) is 0.633. The molecule has 0 radical (unpaired) electrons. The van der Waals surface area contributed by atoms with Gasteiger partial charge in [-0.2, -0.15) is 4.98 Å². The van der Waals surface area contributed by atoms with Crippen molar-refractivity contribution in [1.29, 1.82) is 0 Å². The van der Waals surface area contributed by atoms with E-state index in [1.54, 1.807) is 25.1 Å². The summed E-state index contributed by atoms with van der Waals surface area (Å²) in [6.45, 7) is 2.11. The molecule has 0 amide bonds. The van der Waals surface area contributed by atoms with Gasteiger partial charge in [-0.05, 0) is 18.2 Å². The number of hydrogen-bond donors (Lipinski definition) is 2. The molecule has 0 saturated heterocycles. The van der Waals surface area contributed by atoms with E-state index in [1.165, 1.54) is 7.11 Å². The van der Waals surface area contributed by atoms with E-state index >= 15 is 0 Å². The molecule has 19 heavy (non-hydrogen) atoms. The number of methoxy groups -OCH3 is 1. The van der Waals surface area contributed by atoms with Crippen molar-refractivity contribution in [2.24, 2.45) is 0 Å². The first-order valence-corrected chi connectivity index (χ1v) is 5.61. The van der Waals surface area contributed by atoms with Crippen LogP contribution in [0.15, 0.2) is 22.7 Å². The summed E-state index contributed by atoms with van der Waals surface area (Å²) in [5.74, 6) is 0.565. The molecule has 100 valence electrons. The molecule has 0 bridgehead atoms. The topological polar surface area (TPSA) is 103 Å². The van der Waals surface area contributed by atoms with E-state index in [4.69, 9.17) is 10.3 Å². The average molecular weight is 262 g/mol. The van der Waals surface area contributed by atoms with Gasteiger partial charge in [-0.3, -0.25) is 0 Å². The van der Waals surface area contributed by atoms with Gasteiger partial charge in [0.25, 0.3) is 0 Å². The van der Waals surface area contributed by atoms with Gasteiger partial charge in [0.05, 0.1) is 19.2 Å². The van der Waals surface area contributed by atoms with E-state index in [2.05, 4.69) is 20.2 Å². The fourth-order valence-corrected chi connectivity index (χ4v) is 1.55. The second-order valence-corrected chi connectivity index (χ2v) is 3.88. The fraction of sp³-hybridized carbons (Fsp3) is 0.250. The Kier molecular flexibility index (Phi) is 3.65. The number of nitrogen functional groups attached to an aromatic ring is 1. The number of ether oxygens (including phenoxy) is 1. The van der Waals surface area contributed by atoms with Crippen molar-refractivity contribution < 1.29 is 14.1 Å². The van der Waals surface area contributed by atoms with Crippen molar-refractivity contribution in [3.8, 4) is 0 Å². The van der Waals surface area contributed by atoms with Crippen LogP contribution < -0.4 is 11.1 Å². The largest absolute Gasteiger partial charge is 0.465 e. The number of aryl methyl sites for hydroxylation is 1. The molecule has 0 aliphatic rings. The summed E-state index contributed by atoms with van der Waals surface area (Å²) in [7, 11) is 1.31. The Labute approximate surface area is 109 Å². The number of rotatable bonds is 4. The van der Waals surface area contributed by atoms with Gasteiger partial charge in [-0.1, -0.05) is 5.16 Å². The summed E-state index contributed by atoms with van der Waals surface area (Å²) < 4.78 is 9.51. The van der Waals surface area contributed by atoms with E-state index in [0.717, 1.165) is 5.69 Å². The van der Waals surface area contributed by atoms with E-state index in [0.29, 0.717) is 29.5 Å². The molecule has 1 aromatic heterocycles. The lowest BCUT2D eigenvalue weighted by atomic mass is 10.1. The summed E-state index contributed by atoms with van der Waals surface area (Å²) in [4.78, 5) is 15.6. The highest BCUT2D eigenvalue weighted by Gasteiger charge is 2.11. The summed E-state index contributed by atoms with van der Waals surface area (Å²) in [5.41, 5.74) is 7.11. The maximum absolute atomic E-state index is 11.5. The molecule has 1 aromatic carbocycles. The van der Waals surface area contributed by atoms with Crippen LogP contribution in [0.4, 0.5) is 11.4 Å². The second-order valence-electron chi connectivity index (χ2n) is 3.88. The van der Waals surface area contributed by atoms with Crippen molar-refractivity contribution >= 4 is 17.3 Å². The first-order valence-electron chi connectivity index (χ1n) is 5.61. The molecule has 3 N–H and O–H groups in total. The maximum atomic E-state index is 11.5. The lowest BCUT2D eigenvalue weighted by Gasteiger charge is -2.08. The van der Waals surface area contributed by atoms with Crippen LogP contribution in [-0.4, -0.2) is 23.2 Å². The molecule has 7 nitrogen and oxygen atoms in total. The van der Waals surface area contributed by atoms with Crippen molar-refractivity contribution in [1.82, 2.24) is 10.1 Å². The van der Waals surface area contributed by atoms with Gasteiger partial charge >= 0.3 is 5.97 Å². The number of esters is 1. The molecule has 2 aromatic rings. The van der Waals surface area contributed by atoms with Crippen LogP contribution in [0, 0.1) is 6.92 Å². The van der Waals surface area contributed by atoms with Gasteiger partial charge in [0.2, 0.25) is 5.89 Å². The fourth-order valence-electron chi connectivity index (χ4n) is 1.55. The Morgan fingerprint density at radius 2 is 2.32 bits per heavy atom. The Morgan fingerprint density at radius 3 is 2.95 bits per heavy atom. The molecule has 0 fully saturated rings. The summed E-state index contributed by atoms with van der Waals surface area (Å²) in [6, 6.07) is 5.01. The van der Waals surface area contributed by atoms with Gasteiger partial charge in [0.15, 0.2) is 5.82 Å². The third-order valence-electron chi connectivity index (χ3n) is 2.48. The monoisotopic (exact) mass is 262 g/mol. The van der Waals surface area contributed by atoms with Crippen molar-refractivity contribution in [3.63, 3.8) is 0 Å². The number of benzene rings is 1. The van der Waals surface area contributed by atoms with Gasteiger partial charge in [-0.25, -0.2) is 4.79 Å². The molecular formula is C12H14N4O3. The number of hydrogen-bond acceptors (Lipinski definition) is 7. The van der Waals surface area contributed by atoms with E-state index < -0.39 is 5.97 Å². The molecule has 0 unspecified atom stereocenters. The molecule has 7 heteroatoms. The zero-order valence-corrected chi connectivity index (χ0v) is 10.6. The minimum absolute atomic E-state index is 0.316. The average Bonchev–Trinajstić information content (AvgIpc) is 2.83. The standard InChI is InChI=1S/C12H14N4O3/c1-7-15-11(16-19-7)6-14-8-3-4-10(13)9(5-8)12(17)18-2/h3-5,14H,6,13H2,1-2H3. The lowest BCUT2D eigenvalue weighted by Crippen LogP contribution is -2.07. The van der Waals surface area contributed by atoms with Crippen LogP contribution in [0.1, 0.15) is 22.1 Å². The smallest absolute Gasteiger partial charge is 0.340 e. The summed E-state index contributed by atoms with van der Waals surface area (Å²) in [5, 5.41) is 6.83. The van der Waals surface area contributed by atoms with Crippen LogP contribution >= 0.6 is 0 Å². The number of nitrogens with two attached hydrogens (primary N) is 1. The molecule has 0 saturated carbocycles. The number of anilines is 2. The van der Waals surface area contributed by atoms with E-state index in [1.807, 2.05) is 0 Å². The van der Waals surface area contributed by atoms with Crippen molar-refractivity contribution in [2.45, 2.75) is 13.5 Å². The number of nitrogens with one attached hydrogen (secondary N) is 1. The molecule has 0 spiro atoms. The number of carbonyl (C=O) groups is 1. The lowest BCUT2D eigenvalue weighted by molar-refractivity contribution is 0.0602. The van der Waals surface area contributed by atoms with Crippen molar-refractivity contribution in [3.05, 3.63) is 35.5 Å². The SMILES string of the molecule is COC(=O)c1cc(NCc2noc(C)n2)ccc1N. The minimum atomic E-state index is -0.475. The number of nitrogens with zero attached hydrogens (tertiary/aromatic N) is 2. The Hall–Kier alpha value is -2.57. The van der Waals surface area contributed by atoms with Crippen LogP contribution in [0.25, 0.3) is 0 Å². The van der Waals surface area contributed by atoms with Gasteiger partial charge < -0.3 is 20.3 Å². The first-order chi connectivity index (χ1) is 9.10. The predicted octanol–water partition coefficient (Wildman–Crippen LogP) is 1.36. The van der Waals surface area contributed by atoms with Crippen LogP contribution in [-0.2, 0) is 11.3 Å². The number of aromatic nitrogens is 2. The highest BCUT2D eigenvalue weighted by molar-refractivity contribution is 5.96. The predicted molar refractivity (Wildman–Crippen MR) is 68.6 cm³/mol. The summed E-state index contributed by atoms with van der Waals surface area (Å²) >= 11 is 0. The zero-order chi connectivity index (χ0) is 13.8. The Morgan fingerprint density at radius 1 is 1.53 bits per heavy atom. The molecule has 1 heterocycles. The van der Waals surface area contributed by atoms with E-state index in [9.17, 15) is 4.79 Å². The molecule has 2 rings (SSSR count). The normalized spacial score (nSPS) is 10.2. The van der Waals surface area contributed by atoms with Crippen LogP contribution in [0.2, 0.25) is 0 Å².